The second-order valence-electron chi connectivity index (χ2n) is 4.60. The molecule has 0 unspecified atom stereocenters. The summed E-state index contributed by atoms with van der Waals surface area (Å²) in [4.78, 5) is 4.32. The summed E-state index contributed by atoms with van der Waals surface area (Å²) in [6, 6.07) is 13.7. The molecule has 0 aliphatic rings. The van der Waals surface area contributed by atoms with Crippen molar-refractivity contribution in [1.29, 1.82) is 0 Å². The van der Waals surface area contributed by atoms with Crippen LogP contribution in [0.2, 0.25) is 0 Å². The smallest absolute Gasteiger partial charge is 0.120 e. The van der Waals surface area contributed by atoms with Gasteiger partial charge in [-0.1, -0.05) is 42.2 Å². The lowest BCUT2D eigenvalue weighted by molar-refractivity contribution is 0.143. The molecule has 0 aliphatic carbocycles. The highest BCUT2D eigenvalue weighted by Gasteiger charge is 2.06. The third-order valence-corrected chi connectivity index (χ3v) is 2.34. The first-order valence-corrected chi connectivity index (χ1v) is 5.82. The van der Waals surface area contributed by atoms with Gasteiger partial charge < -0.3 is 5.11 Å². The lowest BCUT2D eigenvalue weighted by Gasteiger charge is -2.06. The summed E-state index contributed by atoms with van der Waals surface area (Å²) in [5, 5.41) is 9.58. The maximum atomic E-state index is 9.58. The van der Waals surface area contributed by atoms with Crippen LogP contribution < -0.4 is 0 Å². The topological polar surface area (TPSA) is 33.1 Å². The molecule has 1 aromatic heterocycles. The molecule has 18 heavy (non-hydrogen) atoms. The van der Waals surface area contributed by atoms with E-state index < -0.39 is 5.60 Å². The second kappa shape index (κ2) is 5.03. The van der Waals surface area contributed by atoms with Crippen molar-refractivity contribution in [3.63, 3.8) is 0 Å². The Hall–Kier alpha value is -2.11. The van der Waals surface area contributed by atoms with Gasteiger partial charge in [0.05, 0.1) is 5.69 Å². The van der Waals surface area contributed by atoms with E-state index in [2.05, 4.69) is 16.8 Å². The normalized spacial score (nSPS) is 10.6. The van der Waals surface area contributed by atoms with Crippen LogP contribution in [0.4, 0.5) is 0 Å². The average Bonchev–Trinajstić information content (AvgIpc) is 2.37. The molecule has 0 amide bonds. The quantitative estimate of drug-likeness (QED) is 0.774. The van der Waals surface area contributed by atoms with Gasteiger partial charge in [-0.2, -0.15) is 0 Å². The van der Waals surface area contributed by atoms with E-state index in [1.807, 2.05) is 42.5 Å². The van der Waals surface area contributed by atoms with Crippen molar-refractivity contribution in [2.24, 2.45) is 0 Å². The summed E-state index contributed by atoms with van der Waals surface area (Å²) in [5.41, 5.74) is 1.82. The van der Waals surface area contributed by atoms with Gasteiger partial charge in [0.2, 0.25) is 0 Å². The van der Waals surface area contributed by atoms with E-state index in [1.54, 1.807) is 20.0 Å². The summed E-state index contributed by atoms with van der Waals surface area (Å²) in [6.45, 7) is 3.33. The van der Waals surface area contributed by atoms with Gasteiger partial charge in [0, 0.05) is 17.3 Å². The number of aliphatic hydroxyl groups is 1. The van der Waals surface area contributed by atoms with Crippen LogP contribution in [0, 0.1) is 11.8 Å². The Kier molecular flexibility index (Phi) is 3.45. The van der Waals surface area contributed by atoms with Crippen LogP contribution in [0.15, 0.2) is 48.7 Å². The van der Waals surface area contributed by atoms with Gasteiger partial charge >= 0.3 is 0 Å². The van der Waals surface area contributed by atoms with Gasteiger partial charge in [-0.05, 0) is 26.0 Å². The highest BCUT2D eigenvalue weighted by atomic mass is 16.3. The fourth-order valence-electron chi connectivity index (χ4n) is 1.50. The van der Waals surface area contributed by atoms with E-state index in [0.717, 1.165) is 16.8 Å². The molecule has 1 aromatic carbocycles. The molecule has 1 heterocycles. The highest BCUT2D eigenvalue weighted by Crippen LogP contribution is 2.16. The fourth-order valence-corrected chi connectivity index (χ4v) is 1.50. The van der Waals surface area contributed by atoms with Crippen LogP contribution in [0.3, 0.4) is 0 Å². The Labute approximate surface area is 107 Å². The van der Waals surface area contributed by atoms with Gasteiger partial charge in [0.25, 0.3) is 0 Å². The molecule has 0 radical (unpaired) electrons. The predicted octanol–water partition coefficient (Wildman–Crippen LogP) is 2.87. The van der Waals surface area contributed by atoms with Crippen LogP contribution in [0.1, 0.15) is 19.4 Å². The zero-order valence-corrected chi connectivity index (χ0v) is 10.5. The molecule has 2 heteroatoms. The molecule has 0 saturated carbocycles. The number of pyridine rings is 1. The van der Waals surface area contributed by atoms with Gasteiger partial charge in [-0.25, -0.2) is 0 Å². The standard InChI is InChI=1S/C16H15NO/c1-16(2,18)10-8-13-9-11-17-15(12-13)14-6-4-3-5-7-14/h3-7,9,11-12,18H,1-2H3. The number of hydrogen-bond acceptors (Lipinski definition) is 2. The minimum atomic E-state index is -0.976. The number of aromatic nitrogens is 1. The summed E-state index contributed by atoms with van der Waals surface area (Å²) in [7, 11) is 0. The van der Waals surface area contributed by atoms with E-state index in [-0.39, 0.29) is 0 Å². The molecule has 0 bridgehead atoms. The van der Waals surface area contributed by atoms with E-state index in [4.69, 9.17) is 0 Å². The largest absolute Gasteiger partial charge is 0.378 e. The van der Waals surface area contributed by atoms with Gasteiger partial charge in [0.15, 0.2) is 0 Å². The molecular weight excluding hydrogens is 222 g/mol. The first-order chi connectivity index (χ1) is 8.54. The second-order valence-corrected chi connectivity index (χ2v) is 4.60. The van der Waals surface area contributed by atoms with E-state index >= 15 is 0 Å². The van der Waals surface area contributed by atoms with Crippen molar-refractivity contribution in [3.8, 4) is 23.1 Å². The molecule has 0 fully saturated rings. The van der Waals surface area contributed by atoms with Crippen LogP contribution in [0.25, 0.3) is 11.3 Å². The third-order valence-electron chi connectivity index (χ3n) is 2.34. The SMILES string of the molecule is CC(C)(O)C#Cc1ccnc(-c2ccccc2)c1. The van der Waals surface area contributed by atoms with Crippen LogP contribution in [-0.4, -0.2) is 15.7 Å². The van der Waals surface area contributed by atoms with E-state index in [9.17, 15) is 5.11 Å². The summed E-state index contributed by atoms with van der Waals surface area (Å²) < 4.78 is 0. The molecule has 0 spiro atoms. The van der Waals surface area contributed by atoms with Crippen LogP contribution >= 0.6 is 0 Å². The zero-order valence-electron chi connectivity index (χ0n) is 10.5. The van der Waals surface area contributed by atoms with Crippen LogP contribution in [0.5, 0.6) is 0 Å². The lowest BCUT2D eigenvalue weighted by Crippen LogP contribution is -2.14. The predicted molar refractivity (Wildman–Crippen MR) is 72.8 cm³/mol. The molecule has 2 rings (SSSR count). The molecule has 1 N–H and O–H groups in total. The Morgan fingerprint density at radius 3 is 2.50 bits per heavy atom. The number of rotatable bonds is 1. The van der Waals surface area contributed by atoms with Gasteiger partial charge in [0.1, 0.15) is 5.60 Å². The number of nitrogens with zero attached hydrogens (tertiary/aromatic N) is 1. The van der Waals surface area contributed by atoms with Crippen molar-refractivity contribution >= 4 is 0 Å². The molecule has 90 valence electrons. The van der Waals surface area contributed by atoms with Crippen molar-refractivity contribution in [2.45, 2.75) is 19.4 Å². The van der Waals surface area contributed by atoms with E-state index in [1.165, 1.54) is 0 Å². The minimum Gasteiger partial charge on any atom is -0.378 e. The fraction of sp³-hybridized carbons (Fsp3) is 0.188. The Morgan fingerprint density at radius 1 is 1.11 bits per heavy atom. The first-order valence-electron chi connectivity index (χ1n) is 5.82. The molecule has 2 nitrogen and oxygen atoms in total. The molecule has 2 aromatic rings. The summed E-state index contributed by atoms with van der Waals surface area (Å²) in [5.74, 6) is 5.75. The lowest BCUT2D eigenvalue weighted by atomic mass is 10.1. The van der Waals surface area contributed by atoms with Crippen molar-refractivity contribution in [1.82, 2.24) is 4.98 Å². The number of benzene rings is 1. The Morgan fingerprint density at radius 2 is 1.83 bits per heavy atom. The maximum absolute atomic E-state index is 9.58. The van der Waals surface area contributed by atoms with E-state index in [0.29, 0.717) is 0 Å². The van der Waals surface area contributed by atoms with Crippen molar-refractivity contribution in [3.05, 3.63) is 54.2 Å². The maximum Gasteiger partial charge on any atom is 0.120 e. The molecule has 0 aliphatic heterocycles. The van der Waals surface area contributed by atoms with Gasteiger partial charge in [-0.3, -0.25) is 4.98 Å². The minimum absolute atomic E-state index is 0.853. The van der Waals surface area contributed by atoms with Gasteiger partial charge in [-0.15, -0.1) is 0 Å². The average molecular weight is 237 g/mol. The third kappa shape index (κ3) is 3.44. The molecule has 0 saturated heterocycles. The molecule has 0 atom stereocenters. The monoisotopic (exact) mass is 237 g/mol. The van der Waals surface area contributed by atoms with Crippen molar-refractivity contribution < 1.29 is 5.11 Å². The summed E-state index contributed by atoms with van der Waals surface area (Å²) in [6.07, 6.45) is 1.73. The highest BCUT2D eigenvalue weighted by molar-refractivity contribution is 5.60. The number of hydrogen-bond donors (Lipinski definition) is 1. The Balaban J connectivity index is 2.34. The zero-order chi connectivity index (χ0) is 13.0. The van der Waals surface area contributed by atoms with Crippen molar-refractivity contribution in [2.75, 3.05) is 0 Å². The Bertz CT molecular complexity index is 586. The molecular formula is C16H15NO. The summed E-state index contributed by atoms with van der Waals surface area (Å²) >= 11 is 0. The van der Waals surface area contributed by atoms with Crippen LogP contribution in [-0.2, 0) is 0 Å². The first kappa shape index (κ1) is 12.3.